The number of aromatic nitrogens is 2. The first kappa shape index (κ1) is 12.6. The number of hydrogen-bond donors (Lipinski definition) is 1. The van der Waals surface area contributed by atoms with Crippen LogP contribution in [0.15, 0.2) is 37.8 Å². The summed E-state index contributed by atoms with van der Waals surface area (Å²) in [5.41, 5.74) is 9.71. The fourth-order valence-electron chi connectivity index (χ4n) is 1.89. The van der Waals surface area contributed by atoms with Crippen molar-refractivity contribution in [2.45, 2.75) is 6.92 Å². The van der Waals surface area contributed by atoms with Gasteiger partial charge in [0, 0.05) is 20.8 Å². The molecule has 3 aromatic rings. The maximum atomic E-state index is 6.03. The van der Waals surface area contributed by atoms with Crippen molar-refractivity contribution >= 4 is 48.8 Å². The van der Waals surface area contributed by atoms with Gasteiger partial charge in [-0.3, -0.25) is 0 Å². The monoisotopic (exact) mass is 381 g/mol. The summed E-state index contributed by atoms with van der Waals surface area (Å²) in [5, 5.41) is 0. The van der Waals surface area contributed by atoms with Gasteiger partial charge in [0.2, 0.25) is 5.89 Å². The molecule has 0 aliphatic carbocycles. The van der Waals surface area contributed by atoms with Gasteiger partial charge in [-0.1, -0.05) is 0 Å². The average molecular weight is 383 g/mol. The number of anilines is 1. The van der Waals surface area contributed by atoms with Crippen LogP contribution in [0.3, 0.4) is 0 Å². The first-order valence-corrected chi connectivity index (χ1v) is 7.12. The number of hydrogen-bond acceptors (Lipinski definition) is 4. The van der Waals surface area contributed by atoms with Crippen molar-refractivity contribution in [2.75, 3.05) is 5.73 Å². The number of oxazole rings is 1. The molecule has 4 nitrogen and oxygen atoms in total. The van der Waals surface area contributed by atoms with Gasteiger partial charge in [-0.2, -0.15) is 4.98 Å². The van der Waals surface area contributed by atoms with Crippen molar-refractivity contribution in [3.63, 3.8) is 0 Å². The van der Waals surface area contributed by atoms with E-state index in [9.17, 15) is 0 Å². The molecule has 0 saturated heterocycles. The zero-order valence-corrected chi connectivity index (χ0v) is 13.1. The third-order valence-electron chi connectivity index (χ3n) is 2.91. The molecule has 0 bridgehead atoms. The number of halogens is 2. The number of nitrogens with zero attached hydrogens (tertiary/aromatic N) is 2. The van der Waals surface area contributed by atoms with Crippen molar-refractivity contribution in [2.24, 2.45) is 0 Å². The van der Waals surface area contributed by atoms with Gasteiger partial charge in [-0.05, 0) is 62.5 Å². The zero-order chi connectivity index (χ0) is 13.6. The van der Waals surface area contributed by atoms with Gasteiger partial charge in [-0.15, -0.1) is 0 Å². The van der Waals surface area contributed by atoms with Crippen molar-refractivity contribution in [3.8, 4) is 11.5 Å². The van der Waals surface area contributed by atoms with E-state index < -0.39 is 0 Å². The summed E-state index contributed by atoms with van der Waals surface area (Å²) in [6.45, 7) is 1.93. The summed E-state index contributed by atoms with van der Waals surface area (Å²) >= 11 is 6.94. The number of pyridine rings is 1. The van der Waals surface area contributed by atoms with Gasteiger partial charge < -0.3 is 10.2 Å². The largest absolute Gasteiger partial charge is 0.434 e. The van der Waals surface area contributed by atoms with Crippen LogP contribution in [-0.2, 0) is 0 Å². The molecular weight excluding hydrogens is 374 g/mol. The fourth-order valence-corrected chi connectivity index (χ4v) is 3.42. The Morgan fingerprint density at radius 2 is 2.05 bits per heavy atom. The van der Waals surface area contributed by atoms with Gasteiger partial charge >= 0.3 is 0 Å². The van der Waals surface area contributed by atoms with Gasteiger partial charge in [0.05, 0.1) is 5.56 Å². The highest BCUT2D eigenvalue weighted by Gasteiger charge is 2.17. The average Bonchev–Trinajstić information content (AvgIpc) is 2.79. The van der Waals surface area contributed by atoms with E-state index in [4.69, 9.17) is 10.2 Å². The molecule has 0 aliphatic rings. The Bertz CT molecular complexity index is 750. The van der Waals surface area contributed by atoms with Crippen LogP contribution in [0.25, 0.3) is 22.7 Å². The molecule has 2 N–H and O–H groups in total. The first-order chi connectivity index (χ1) is 9.08. The lowest BCUT2D eigenvalue weighted by atomic mass is 10.1. The minimum Gasteiger partial charge on any atom is -0.434 e. The minimum atomic E-state index is 0.511. The standard InChI is InChI=1S/C13H9Br2N3O/c1-6-10(7(14)5-8(15)11(6)16)13-18-12-9(19-13)3-2-4-17-12/h2-5H,16H2,1H3. The van der Waals surface area contributed by atoms with Crippen LogP contribution >= 0.6 is 31.9 Å². The highest BCUT2D eigenvalue weighted by molar-refractivity contribution is 9.11. The summed E-state index contributed by atoms with van der Waals surface area (Å²) < 4.78 is 7.45. The SMILES string of the molecule is Cc1c(N)c(Br)cc(Br)c1-c1nc2ncccc2o1. The molecule has 2 heterocycles. The smallest absolute Gasteiger partial charge is 0.230 e. The van der Waals surface area contributed by atoms with E-state index >= 15 is 0 Å². The third kappa shape index (κ3) is 2.04. The highest BCUT2D eigenvalue weighted by Crippen LogP contribution is 2.38. The van der Waals surface area contributed by atoms with E-state index in [0.717, 1.165) is 20.1 Å². The molecule has 0 unspecified atom stereocenters. The molecule has 0 radical (unpaired) electrons. The normalized spacial score (nSPS) is 11.1. The van der Waals surface area contributed by atoms with Gasteiger partial charge in [-0.25, -0.2) is 4.98 Å². The molecule has 6 heteroatoms. The predicted molar refractivity (Wildman–Crippen MR) is 81.8 cm³/mol. The number of benzene rings is 1. The maximum Gasteiger partial charge on any atom is 0.230 e. The molecule has 96 valence electrons. The van der Waals surface area contributed by atoms with Crippen molar-refractivity contribution in [1.29, 1.82) is 0 Å². The van der Waals surface area contributed by atoms with E-state index in [-0.39, 0.29) is 0 Å². The Kier molecular flexibility index (Phi) is 3.06. The van der Waals surface area contributed by atoms with Gasteiger partial charge in [0.15, 0.2) is 11.2 Å². The van der Waals surface area contributed by atoms with Crippen molar-refractivity contribution < 1.29 is 4.42 Å². The second-order valence-corrected chi connectivity index (χ2v) is 5.81. The molecule has 0 saturated carbocycles. The van der Waals surface area contributed by atoms with Gasteiger partial charge in [0.25, 0.3) is 0 Å². The molecule has 0 aliphatic heterocycles. The van der Waals surface area contributed by atoms with Crippen molar-refractivity contribution in [3.05, 3.63) is 38.9 Å². The Labute approximate surface area is 126 Å². The van der Waals surface area contributed by atoms with E-state index in [1.807, 2.05) is 25.1 Å². The Morgan fingerprint density at radius 1 is 1.26 bits per heavy atom. The summed E-state index contributed by atoms with van der Waals surface area (Å²) in [5.74, 6) is 0.511. The molecular formula is C13H9Br2N3O. The maximum absolute atomic E-state index is 6.03. The Balaban J connectivity index is 2.29. The summed E-state index contributed by atoms with van der Waals surface area (Å²) in [6, 6.07) is 5.54. The second-order valence-electron chi connectivity index (χ2n) is 4.10. The number of fused-ring (bicyclic) bond motifs is 1. The molecule has 2 aromatic heterocycles. The molecule has 3 rings (SSSR count). The van der Waals surface area contributed by atoms with E-state index in [1.165, 1.54) is 0 Å². The van der Waals surface area contributed by atoms with E-state index in [2.05, 4.69) is 41.8 Å². The summed E-state index contributed by atoms with van der Waals surface area (Å²) in [6.07, 6.45) is 1.69. The third-order valence-corrected chi connectivity index (χ3v) is 4.19. The zero-order valence-electron chi connectivity index (χ0n) is 9.95. The lowest BCUT2D eigenvalue weighted by Crippen LogP contribution is -1.95. The molecule has 1 aromatic carbocycles. The second kappa shape index (κ2) is 4.61. The number of rotatable bonds is 1. The van der Waals surface area contributed by atoms with Crippen LogP contribution in [0, 0.1) is 6.92 Å². The molecule has 0 amide bonds. The lowest BCUT2D eigenvalue weighted by molar-refractivity contribution is 0.618. The topological polar surface area (TPSA) is 64.9 Å². The highest BCUT2D eigenvalue weighted by atomic mass is 79.9. The van der Waals surface area contributed by atoms with Crippen LogP contribution < -0.4 is 5.73 Å². The van der Waals surface area contributed by atoms with Crippen LogP contribution in [0.2, 0.25) is 0 Å². The quantitative estimate of drug-likeness (QED) is 0.637. The fraction of sp³-hybridized carbons (Fsp3) is 0.0769. The molecule has 19 heavy (non-hydrogen) atoms. The Morgan fingerprint density at radius 3 is 2.79 bits per heavy atom. The van der Waals surface area contributed by atoms with E-state index in [0.29, 0.717) is 22.8 Å². The molecule has 0 fully saturated rings. The summed E-state index contributed by atoms with van der Waals surface area (Å²) in [7, 11) is 0. The van der Waals surface area contributed by atoms with E-state index in [1.54, 1.807) is 6.20 Å². The van der Waals surface area contributed by atoms with Gasteiger partial charge in [0.1, 0.15) is 0 Å². The van der Waals surface area contributed by atoms with Crippen LogP contribution in [0.4, 0.5) is 5.69 Å². The number of nitrogen functional groups attached to an aromatic ring is 1. The lowest BCUT2D eigenvalue weighted by Gasteiger charge is -2.09. The molecule has 0 spiro atoms. The first-order valence-electron chi connectivity index (χ1n) is 5.54. The predicted octanol–water partition coefficient (Wildman–Crippen LogP) is 4.31. The number of nitrogens with two attached hydrogens (primary N) is 1. The van der Waals surface area contributed by atoms with Crippen molar-refractivity contribution in [1.82, 2.24) is 9.97 Å². The summed E-state index contributed by atoms with van der Waals surface area (Å²) in [4.78, 5) is 8.56. The minimum absolute atomic E-state index is 0.511. The van der Waals surface area contributed by atoms with Crippen LogP contribution in [-0.4, -0.2) is 9.97 Å². The van der Waals surface area contributed by atoms with Crippen LogP contribution in [0.1, 0.15) is 5.56 Å². The Hall–Kier alpha value is -1.40. The molecule has 0 atom stereocenters. The van der Waals surface area contributed by atoms with Crippen LogP contribution in [0.5, 0.6) is 0 Å².